The number of hydroxylamine groups is 1. The minimum atomic E-state index is -0.584. The first-order valence-electron chi connectivity index (χ1n) is 6.70. The van der Waals surface area contributed by atoms with Gasteiger partial charge in [-0.25, -0.2) is 9.13 Å². The van der Waals surface area contributed by atoms with E-state index in [-0.39, 0.29) is 17.9 Å². The van der Waals surface area contributed by atoms with Crippen LogP contribution in [0.1, 0.15) is 22.8 Å². The predicted octanol–water partition coefficient (Wildman–Crippen LogP) is 3.27. The normalized spacial score (nSPS) is 13.0. The van der Waals surface area contributed by atoms with Gasteiger partial charge in [-0.2, -0.15) is 0 Å². The van der Waals surface area contributed by atoms with Crippen molar-refractivity contribution in [3.63, 3.8) is 0 Å². The lowest BCUT2D eigenvalue weighted by Crippen LogP contribution is -2.23. The summed E-state index contributed by atoms with van der Waals surface area (Å²) in [7, 11) is 0. The standard InChI is InChI=1S/C17H16FNO2/c1-13(17(20)15-9-5-6-10-16(15)18)11-19(21)12-14-7-3-2-4-8-14/h2-10,12-13H,11H2,1H3. The summed E-state index contributed by atoms with van der Waals surface area (Å²) in [5.74, 6) is -1.51. The van der Waals surface area contributed by atoms with Crippen molar-refractivity contribution in [1.82, 2.24) is 0 Å². The van der Waals surface area contributed by atoms with E-state index >= 15 is 0 Å². The molecule has 0 fully saturated rings. The topological polar surface area (TPSA) is 43.1 Å². The fourth-order valence-corrected chi connectivity index (χ4v) is 2.04. The van der Waals surface area contributed by atoms with E-state index in [1.807, 2.05) is 18.2 Å². The molecule has 0 amide bonds. The van der Waals surface area contributed by atoms with Crippen LogP contribution in [0.5, 0.6) is 0 Å². The third-order valence-corrected chi connectivity index (χ3v) is 3.13. The number of benzene rings is 2. The maximum Gasteiger partial charge on any atom is 0.181 e. The number of ketones is 1. The fourth-order valence-electron chi connectivity index (χ4n) is 2.04. The maximum atomic E-state index is 13.6. The van der Waals surface area contributed by atoms with Crippen molar-refractivity contribution in [2.24, 2.45) is 5.92 Å². The third-order valence-electron chi connectivity index (χ3n) is 3.13. The van der Waals surface area contributed by atoms with Gasteiger partial charge in [0.1, 0.15) is 5.82 Å². The van der Waals surface area contributed by atoms with E-state index in [1.165, 1.54) is 24.4 Å². The molecule has 0 aliphatic heterocycles. The van der Waals surface area contributed by atoms with E-state index in [2.05, 4.69) is 0 Å². The van der Waals surface area contributed by atoms with Crippen molar-refractivity contribution in [2.45, 2.75) is 6.92 Å². The van der Waals surface area contributed by atoms with E-state index in [0.717, 1.165) is 5.56 Å². The number of nitrogens with zero attached hydrogens (tertiary/aromatic N) is 1. The molecule has 0 spiro atoms. The van der Waals surface area contributed by atoms with Crippen LogP contribution < -0.4 is 0 Å². The highest BCUT2D eigenvalue weighted by atomic mass is 19.1. The quantitative estimate of drug-likeness (QED) is 0.278. The first-order chi connectivity index (χ1) is 10.1. The van der Waals surface area contributed by atoms with Gasteiger partial charge in [0.05, 0.1) is 11.5 Å². The molecule has 2 aromatic rings. The molecule has 0 aliphatic rings. The summed E-state index contributed by atoms with van der Waals surface area (Å²) in [5.41, 5.74) is 0.788. The predicted molar refractivity (Wildman–Crippen MR) is 80.0 cm³/mol. The molecule has 0 saturated carbocycles. The molecule has 108 valence electrons. The molecular weight excluding hydrogens is 269 g/mol. The van der Waals surface area contributed by atoms with Gasteiger partial charge in [-0.15, -0.1) is 0 Å². The van der Waals surface area contributed by atoms with Gasteiger partial charge in [-0.05, 0) is 31.2 Å². The molecular formula is C17H16FNO2. The molecule has 4 heteroatoms. The SMILES string of the molecule is CC(C[N+]([O-])=Cc1ccccc1)C(=O)c1ccccc1F. The molecule has 2 rings (SSSR count). The number of hydrogen-bond donors (Lipinski definition) is 0. The first-order valence-corrected chi connectivity index (χ1v) is 6.70. The van der Waals surface area contributed by atoms with Crippen molar-refractivity contribution in [2.75, 3.05) is 6.54 Å². The first kappa shape index (κ1) is 14.9. The van der Waals surface area contributed by atoms with Gasteiger partial charge in [-0.1, -0.05) is 30.3 Å². The van der Waals surface area contributed by atoms with Crippen molar-refractivity contribution >= 4 is 12.0 Å². The van der Waals surface area contributed by atoms with Gasteiger partial charge in [-0.3, -0.25) is 4.79 Å². The van der Waals surface area contributed by atoms with Crippen LogP contribution in [-0.4, -0.2) is 23.3 Å². The zero-order valence-electron chi connectivity index (χ0n) is 11.7. The van der Waals surface area contributed by atoms with E-state index in [4.69, 9.17) is 0 Å². The van der Waals surface area contributed by atoms with E-state index in [1.54, 1.807) is 25.1 Å². The molecule has 21 heavy (non-hydrogen) atoms. The number of carbonyl (C=O) groups excluding carboxylic acids is 1. The molecule has 1 atom stereocenters. The average molecular weight is 285 g/mol. The lowest BCUT2D eigenvalue weighted by Gasteiger charge is -2.11. The largest absolute Gasteiger partial charge is 0.624 e. The molecule has 1 unspecified atom stereocenters. The Labute approximate surface area is 122 Å². The highest BCUT2D eigenvalue weighted by Gasteiger charge is 2.21. The van der Waals surface area contributed by atoms with Crippen molar-refractivity contribution in [1.29, 1.82) is 0 Å². The van der Waals surface area contributed by atoms with Crippen molar-refractivity contribution in [3.8, 4) is 0 Å². The summed E-state index contributed by atoms with van der Waals surface area (Å²) >= 11 is 0. The molecule has 0 radical (unpaired) electrons. The Kier molecular flexibility index (Phi) is 4.82. The summed E-state index contributed by atoms with van der Waals surface area (Å²) < 4.78 is 14.3. The molecule has 2 aromatic carbocycles. The summed E-state index contributed by atoms with van der Waals surface area (Å²) in [6.45, 7) is 1.61. The van der Waals surface area contributed by atoms with Crippen molar-refractivity contribution < 1.29 is 13.9 Å². The fraction of sp³-hybridized carbons (Fsp3) is 0.176. The minimum absolute atomic E-state index is 0.0118. The highest BCUT2D eigenvalue weighted by Crippen LogP contribution is 2.13. The summed E-state index contributed by atoms with van der Waals surface area (Å²) in [4.78, 5) is 12.1. The van der Waals surface area contributed by atoms with E-state index < -0.39 is 11.7 Å². The number of rotatable bonds is 5. The summed E-state index contributed by atoms with van der Waals surface area (Å²) in [6, 6.07) is 14.9. The maximum absolute atomic E-state index is 13.6. The second-order valence-corrected chi connectivity index (χ2v) is 4.88. The lowest BCUT2D eigenvalue weighted by atomic mass is 9.99. The molecule has 0 aromatic heterocycles. The van der Waals surface area contributed by atoms with Crippen LogP contribution in [-0.2, 0) is 0 Å². The highest BCUT2D eigenvalue weighted by molar-refractivity contribution is 5.97. The van der Waals surface area contributed by atoms with Gasteiger partial charge in [0.2, 0.25) is 0 Å². The number of halogens is 1. The molecule has 0 N–H and O–H groups in total. The Morgan fingerprint density at radius 1 is 1.19 bits per heavy atom. The summed E-state index contributed by atoms with van der Waals surface area (Å²) in [6.07, 6.45) is 1.42. The van der Waals surface area contributed by atoms with Crippen LogP contribution in [0.4, 0.5) is 4.39 Å². The number of carbonyl (C=O) groups is 1. The molecule has 3 nitrogen and oxygen atoms in total. The van der Waals surface area contributed by atoms with Crippen LogP contribution in [0.3, 0.4) is 0 Å². The Hall–Kier alpha value is -2.49. The smallest absolute Gasteiger partial charge is 0.181 e. The molecule has 0 aliphatic carbocycles. The van der Waals surface area contributed by atoms with Crippen molar-refractivity contribution in [3.05, 3.63) is 76.7 Å². The van der Waals surface area contributed by atoms with Gasteiger partial charge in [0.25, 0.3) is 0 Å². The van der Waals surface area contributed by atoms with E-state index in [0.29, 0.717) is 4.74 Å². The zero-order chi connectivity index (χ0) is 15.2. The third kappa shape index (κ3) is 3.99. The molecule has 0 heterocycles. The Bertz CT molecular complexity index is 653. The van der Waals surface area contributed by atoms with Crippen LogP contribution in [0, 0.1) is 16.9 Å². The van der Waals surface area contributed by atoms with Crippen LogP contribution in [0.25, 0.3) is 0 Å². The van der Waals surface area contributed by atoms with Gasteiger partial charge in [0.15, 0.2) is 18.5 Å². The second kappa shape index (κ2) is 6.79. The number of Topliss-reactive ketones (excluding diaryl/α,β-unsaturated/α-hetero) is 1. The van der Waals surface area contributed by atoms with Crippen LogP contribution in [0.2, 0.25) is 0 Å². The summed E-state index contributed by atoms with van der Waals surface area (Å²) in [5, 5.41) is 11.9. The zero-order valence-corrected chi connectivity index (χ0v) is 11.7. The second-order valence-electron chi connectivity index (χ2n) is 4.88. The lowest BCUT2D eigenvalue weighted by molar-refractivity contribution is -0.457. The Morgan fingerprint density at radius 3 is 2.48 bits per heavy atom. The van der Waals surface area contributed by atoms with Crippen LogP contribution in [0.15, 0.2) is 54.6 Å². The van der Waals surface area contributed by atoms with Gasteiger partial charge in [0, 0.05) is 5.56 Å². The Morgan fingerprint density at radius 2 is 1.81 bits per heavy atom. The van der Waals surface area contributed by atoms with Gasteiger partial charge >= 0.3 is 0 Å². The van der Waals surface area contributed by atoms with E-state index in [9.17, 15) is 14.4 Å². The monoisotopic (exact) mass is 285 g/mol. The molecule has 0 saturated heterocycles. The number of hydrogen-bond acceptors (Lipinski definition) is 2. The van der Waals surface area contributed by atoms with Crippen LogP contribution >= 0.6 is 0 Å². The average Bonchev–Trinajstić information content (AvgIpc) is 2.48. The molecule has 0 bridgehead atoms. The Balaban J connectivity index is 2.08. The van der Waals surface area contributed by atoms with Gasteiger partial charge < -0.3 is 5.21 Å². The minimum Gasteiger partial charge on any atom is -0.624 e.